The summed E-state index contributed by atoms with van der Waals surface area (Å²) in [5.41, 5.74) is 0.742. The Labute approximate surface area is 138 Å². The molecule has 1 saturated heterocycles. The van der Waals surface area contributed by atoms with Gasteiger partial charge in [0.1, 0.15) is 0 Å². The number of fused-ring (bicyclic) bond motifs is 2. The molecule has 7 heteroatoms. The van der Waals surface area contributed by atoms with Crippen LogP contribution in [0.4, 0.5) is 5.69 Å². The predicted octanol–water partition coefficient (Wildman–Crippen LogP) is 2.19. The molecule has 1 spiro atoms. The van der Waals surface area contributed by atoms with E-state index in [9.17, 15) is 9.59 Å². The fraction of sp³-hybridized carbons (Fsp3) is 0.467. The molecular weight excluding hydrogens is 327 g/mol. The number of carbonyl (C=O) groups excluding carboxylic acids is 2. The van der Waals surface area contributed by atoms with Gasteiger partial charge >= 0.3 is 0 Å². The Hall–Kier alpha value is -1.30. The average Bonchev–Trinajstić information content (AvgIpc) is 3.03. The van der Waals surface area contributed by atoms with Crippen LogP contribution in [0.25, 0.3) is 0 Å². The van der Waals surface area contributed by atoms with Gasteiger partial charge in [0.05, 0.1) is 15.5 Å². The van der Waals surface area contributed by atoms with Crippen molar-refractivity contribution in [2.24, 2.45) is 0 Å². The Kier molecular flexibility index (Phi) is 4.05. The topological polar surface area (TPSA) is 69.6 Å². The second kappa shape index (κ2) is 5.72. The molecular formula is C15H16Cl2N2O3. The van der Waals surface area contributed by atoms with Gasteiger partial charge in [-0.15, -0.1) is 0 Å². The van der Waals surface area contributed by atoms with Crippen molar-refractivity contribution in [3.63, 3.8) is 0 Å². The van der Waals surface area contributed by atoms with E-state index >= 15 is 0 Å². The zero-order chi connectivity index (χ0) is 15.9. The first-order valence-electron chi connectivity index (χ1n) is 7.17. The second-order valence-electron chi connectivity index (χ2n) is 5.74. The standard InChI is InChI=1S/C15H16Cl2N2O3/c16-10-6-9-12(7-11(10)17)18-14(22)15(9)3-4-19(8-15)13(21)2-1-5-20/h6-7,20H,1-5,8H2,(H,18,22)/t15-/m1/s1. The van der Waals surface area contributed by atoms with E-state index in [4.69, 9.17) is 28.3 Å². The first-order valence-corrected chi connectivity index (χ1v) is 7.93. The number of hydrogen-bond donors (Lipinski definition) is 2. The third-order valence-electron chi connectivity index (χ3n) is 4.43. The van der Waals surface area contributed by atoms with Crippen molar-refractivity contribution in [1.82, 2.24) is 4.90 Å². The molecule has 1 aromatic rings. The summed E-state index contributed by atoms with van der Waals surface area (Å²) >= 11 is 12.1. The summed E-state index contributed by atoms with van der Waals surface area (Å²) < 4.78 is 0. The number of halogens is 2. The molecule has 2 N–H and O–H groups in total. The zero-order valence-corrected chi connectivity index (χ0v) is 13.4. The first kappa shape index (κ1) is 15.6. The molecule has 5 nitrogen and oxygen atoms in total. The van der Waals surface area contributed by atoms with E-state index in [1.54, 1.807) is 17.0 Å². The summed E-state index contributed by atoms with van der Waals surface area (Å²) in [6.07, 6.45) is 1.30. The smallest absolute Gasteiger partial charge is 0.237 e. The molecule has 3 rings (SSSR count). The fourth-order valence-corrected chi connectivity index (χ4v) is 3.55. The molecule has 0 saturated carbocycles. The summed E-state index contributed by atoms with van der Waals surface area (Å²) in [5, 5.41) is 12.5. The fourth-order valence-electron chi connectivity index (χ4n) is 3.23. The molecule has 2 aliphatic rings. The van der Waals surface area contributed by atoms with Crippen molar-refractivity contribution < 1.29 is 14.7 Å². The average molecular weight is 343 g/mol. The van der Waals surface area contributed by atoms with Gasteiger partial charge in [0, 0.05) is 31.8 Å². The molecule has 1 fully saturated rings. The Morgan fingerprint density at radius 3 is 2.82 bits per heavy atom. The van der Waals surface area contributed by atoms with Crippen LogP contribution >= 0.6 is 23.2 Å². The number of nitrogens with zero attached hydrogens (tertiary/aromatic N) is 1. The van der Waals surface area contributed by atoms with Gasteiger partial charge in [0.2, 0.25) is 11.8 Å². The summed E-state index contributed by atoms with van der Waals surface area (Å²) in [5.74, 6) is -0.148. The van der Waals surface area contributed by atoms with E-state index in [-0.39, 0.29) is 18.4 Å². The van der Waals surface area contributed by atoms with Gasteiger partial charge in [-0.3, -0.25) is 9.59 Å². The minimum atomic E-state index is -0.738. The van der Waals surface area contributed by atoms with Gasteiger partial charge in [-0.1, -0.05) is 23.2 Å². The van der Waals surface area contributed by atoms with Crippen molar-refractivity contribution >= 4 is 40.7 Å². The van der Waals surface area contributed by atoms with E-state index in [0.29, 0.717) is 48.1 Å². The van der Waals surface area contributed by atoms with Crippen LogP contribution in [-0.2, 0) is 15.0 Å². The number of likely N-dealkylation sites (tertiary alicyclic amines) is 1. The first-order chi connectivity index (χ1) is 10.5. The number of anilines is 1. The molecule has 0 bridgehead atoms. The molecule has 0 aromatic heterocycles. The number of rotatable bonds is 3. The number of benzene rings is 1. The number of amides is 2. The highest BCUT2D eigenvalue weighted by molar-refractivity contribution is 6.42. The number of carbonyl (C=O) groups is 2. The minimum Gasteiger partial charge on any atom is -0.396 e. The Morgan fingerprint density at radius 1 is 1.36 bits per heavy atom. The molecule has 22 heavy (non-hydrogen) atoms. The monoisotopic (exact) mass is 342 g/mol. The van der Waals surface area contributed by atoms with E-state index in [1.165, 1.54) is 0 Å². The van der Waals surface area contributed by atoms with Gasteiger partial charge in [0.15, 0.2) is 0 Å². The molecule has 2 heterocycles. The van der Waals surface area contributed by atoms with Crippen LogP contribution in [0.5, 0.6) is 0 Å². The van der Waals surface area contributed by atoms with Crippen LogP contribution in [0.3, 0.4) is 0 Å². The lowest BCUT2D eigenvalue weighted by molar-refractivity contribution is -0.130. The SMILES string of the molecule is O=C(CCCO)N1CC[C@]2(C1)C(=O)Nc1cc(Cl)c(Cl)cc12. The summed E-state index contributed by atoms with van der Waals surface area (Å²) in [4.78, 5) is 26.3. The third-order valence-corrected chi connectivity index (χ3v) is 5.15. The van der Waals surface area contributed by atoms with Crippen LogP contribution < -0.4 is 5.32 Å². The molecule has 0 radical (unpaired) electrons. The van der Waals surface area contributed by atoms with Crippen LogP contribution in [-0.4, -0.2) is 41.5 Å². The summed E-state index contributed by atoms with van der Waals surface area (Å²) in [6.45, 7) is 0.855. The van der Waals surface area contributed by atoms with Crippen LogP contribution in [0.1, 0.15) is 24.8 Å². The molecule has 0 unspecified atom stereocenters. The van der Waals surface area contributed by atoms with E-state index < -0.39 is 5.41 Å². The molecule has 1 aromatic carbocycles. The maximum Gasteiger partial charge on any atom is 0.237 e. The lowest BCUT2D eigenvalue weighted by atomic mass is 9.81. The van der Waals surface area contributed by atoms with Gasteiger partial charge in [-0.2, -0.15) is 0 Å². The minimum absolute atomic E-state index is 0.0118. The summed E-state index contributed by atoms with van der Waals surface area (Å²) in [6, 6.07) is 3.38. The van der Waals surface area contributed by atoms with Crippen molar-refractivity contribution in [1.29, 1.82) is 0 Å². The van der Waals surface area contributed by atoms with Crippen molar-refractivity contribution in [3.05, 3.63) is 27.7 Å². The van der Waals surface area contributed by atoms with Gasteiger partial charge in [0.25, 0.3) is 0 Å². The van der Waals surface area contributed by atoms with Gasteiger partial charge < -0.3 is 15.3 Å². The molecule has 1 atom stereocenters. The van der Waals surface area contributed by atoms with Crippen LogP contribution in [0, 0.1) is 0 Å². The Bertz CT molecular complexity index is 650. The number of aliphatic hydroxyl groups is 1. The van der Waals surface area contributed by atoms with E-state index in [2.05, 4.69) is 5.32 Å². The Balaban J connectivity index is 1.88. The van der Waals surface area contributed by atoms with Crippen LogP contribution in [0.15, 0.2) is 12.1 Å². The number of nitrogens with one attached hydrogen (secondary N) is 1. The molecule has 118 valence electrons. The van der Waals surface area contributed by atoms with Crippen molar-refractivity contribution in [2.45, 2.75) is 24.7 Å². The van der Waals surface area contributed by atoms with Gasteiger partial charge in [-0.05, 0) is 30.5 Å². The quantitative estimate of drug-likeness (QED) is 0.884. The highest BCUT2D eigenvalue weighted by atomic mass is 35.5. The van der Waals surface area contributed by atoms with Gasteiger partial charge in [-0.25, -0.2) is 0 Å². The maximum absolute atomic E-state index is 12.5. The van der Waals surface area contributed by atoms with E-state index in [1.807, 2.05) is 0 Å². The normalized spacial score (nSPS) is 23.0. The van der Waals surface area contributed by atoms with Crippen molar-refractivity contribution in [3.8, 4) is 0 Å². The lowest BCUT2D eigenvalue weighted by Gasteiger charge is -2.22. The Morgan fingerprint density at radius 2 is 2.09 bits per heavy atom. The van der Waals surface area contributed by atoms with Crippen molar-refractivity contribution in [2.75, 3.05) is 25.0 Å². The lowest BCUT2D eigenvalue weighted by Crippen LogP contribution is -2.39. The molecule has 2 aliphatic heterocycles. The zero-order valence-electron chi connectivity index (χ0n) is 11.9. The predicted molar refractivity (Wildman–Crippen MR) is 84.3 cm³/mol. The highest BCUT2D eigenvalue weighted by Crippen LogP contribution is 2.46. The van der Waals surface area contributed by atoms with E-state index in [0.717, 1.165) is 5.56 Å². The molecule has 2 amide bonds. The highest BCUT2D eigenvalue weighted by Gasteiger charge is 2.52. The number of hydrogen-bond acceptors (Lipinski definition) is 3. The summed E-state index contributed by atoms with van der Waals surface area (Å²) in [7, 11) is 0. The second-order valence-corrected chi connectivity index (χ2v) is 6.55. The molecule has 0 aliphatic carbocycles. The maximum atomic E-state index is 12.5. The third kappa shape index (κ3) is 2.37. The number of aliphatic hydroxyl groups excluding tert-OH is 1. The van der Waals surface area contributed by atoms with Crippen LogP contribution in [0.2, 0.25) is 10.0 Å². The largest absolute Gasteiger partial charge is 0.396 e.